The van der Waals surface area contributed by atoms with Gasteiger partial charge in [-0.05, 0) is 6.92 Å². The maximum absolute atomic E-state index is 12.0. The molecule has 0 saturated carbocycles. The minimum Gasteiger partial charge on any atom is -0.392 e. The molecule has 1 atom stereocenters. The van der Waals surface area contributed by atoms with Crippen molar-refractivity contribution in [3.63, 3.8) is 0 Å². The van der Waals surface area contributed by atoms with E-state index in [1.165, 1.54) is 4.68 Å². The van der Waals surface area contributed by atoms with Crippen molar-refractivity contribution in [2.75, 3.05) is 0 Å². The topological polar surface area (TPSA) is 38.0 Å². The molecule has 3 nitrogen and oxygen atoms in total. The molecule has 92 valence electrons. The molecule has 1 unspecified atom stereocenters. The average molecular weight is 257 g/mol. The maximum Gasteiger partial charge on any atom is 0.391 e. The van der Waals surface area contributed by atoms with Crippen LogP contribution in [0.25, 0.3) is 0 Å². The number of aryl methyl sites for hydroxylation is 2. The number of rotatable bonds is 3. The summed E-state index contributed by atoms with van der Waals surface area (Å²) in [5.41, 5.74) is 0.995. The molecule has 0 aliphatic heterocycles. The molecule has 0 saturated heterocycles. The second kappa shape index (κ2) is 4.63. The smallest absolute Gasteiger partial charge is 0.391 e. The number of alkyl halides is 3. The number of halogens is 4. The molecule has 0 aromatic carbocycles. The molecule has 1 aromatic heterocycles. The van der Waals surface area contributed by atoms with Crippen molar-refractivity contribution in [2.45, 2.75) is 32.0 Å². The zero-order chi connectivity index (χ0) is 12.5. The number of nitrogens with zero attached hydrogens (tertiary/aromatic N) is 2. The first kappa shape index (κ1) is 13.3. The summed E-state index contributed by atoms with van der Waals surface area (Å²) < 4.78 is 37.4. The van der Waals surface area contributed by atoms with E-state index >= 15 is 0 Å². The van der Waals surface area contributed by atoms with Gasteiger partial charge in [0.1, 0.15) is 5.15 Å². The average Bonchev–Trinajstić information content (AvgIpc) is 2.29. The van der Waals surface area contributed by atoms with Crippen molar-refractivity contribution in [1.82, 2.24) is 9.78 Å². The Hall–Kier alpha value is -0.750. The molecule has 1 N–H and O–H groups in total. The zero-order valence-electron chi connectivity index (χ0n) is 8.85. The third-order valence-electron chi connectivity index (χ3n) is 2.18. The van der Waals surface area contributed by atoms with Gasteiger partial charge in [-0.1, -0.05) is 11.6 Å². The van der Waals surface area contributed by atoms with Gasteiger partial charge in [0.15, 0.2) is 0 Å². The van der Waals surface area contributed by atoms with Gasteiger partial charge in [-0.15, -0.1) is 0 Å². The molecule has 7 heteroatoms. The van der Waals surface area contributed by atoms with Gasteiger partial charge in [-0.25, -0.2) is 0 Å². The fraction of sp³-hybridized carbons (Fsp3) is 0.667. The van der Waals surface area contributed by atoms with Gasteiger partial charge >= 0.3 is 6.18 Å². The van der Waals surface area contributed by atoms with E-state index in [4.69, 9.17) is 11.6 Å². The lowest BCUT2D eigenvalue weighted by Crippen LogP contribution is -2.21. The summed E-state index contributed by atoms with van der Waals surface area (Å²) in [7, 11) is 1.59. The normalized spacial score (nSPS) is 14.2. The lowest BCUT2D eigenvalue weighted by molar-refractivity contribution is -0.153. The second-order valence-electron chi connectivity index (χ2n) is 3.66. The predicted molar refractivity (Wildman–Crippen MR) is 53.3 cm³/mol. The second-order valence-corrected chi connectivity index (χ2v) is 4.01. The Kier molecular flexibility index (Phi) is 3.85. The number of aliphatic hydroxyl groups is 1. The molecule has 1 rings (SSSR count). The van der Waals surface area contributed by atoms with E-state index in [9.17, 15) is 18.3 Å². The van der Waals surface area contributed by atoms with E-state index < -0.39 is 18.7 Å². The van der Waals surface area contributed by atoms with Crippen LogP contribution in [0.1, 0.15) is 17.7 Å². The number of hydrogen-bond acceptors (Lipinski definition) is 2. The number of hydrogen-bond donors (Lipinski definition) is 1. The fourth-order valence-corrected chi connectivity index (χ4v) is 1.73. The van der Waals surface area contributed by atoms with Crippen LogP contribution in [0, 0.1) is 6.92 Å². The molecule has 16 heavy (non-hydrogen) atoms. The van der Waals surface area contributed by atoms with E-state index in [0.29, 0.717) is 11.3 Å². The molecule has 0 radical (unpaired) electrons. The highest BCUT2D eigenvalue weighted by Crippen LogP contribution is 2.26. The monoisotopic (exact) mass is 256 g/mol. The summed E-state index contributed by atoms with van der Waals surface area (Å²) >= 11 is 5.84. The molecule has 0 amide bonds. The van der Waals surface area contributed by atoms with Gasteiger partial charge in [0.25, 0.3) is 0 Å². The quantitative estimate of drug-likeness (QED) is 0.901. The van der Waals surface area contributed by atoms with Crippen LogP contribution < -0.4 is 0 Å². The molecule has 0 aliphatic carbocycles. The van der Waals surface area contributed by atoms with Gasteiger partial charge in [0, 0.05) is 19.0 Å². The molecule has 1 aromatic rings. The molecule has 0 bridgehead atoms. The minimum absolute atomic E-state index is 0.141. The number of aliphatic hydroxyl groups excluding tert-OH is 1. The predicted octanol–water partition coefficient (Wildman–Crippen LogP) is 2.24. The third-order valence-corrected chi connectivity index (χ3v) is 2.65. The van der Waals surface area contributed by atoms with Gasteiger partial charge in [-0.2, -0.15) is 18.3 Å². The summed E-state index contributed by atoms with van der Waals surface area (Å²) in [5.74, 6) is 0. The molecule has 0 fully saturated rings. The Labute approximate surface area is 95.8 Å². The van der Waals surface area contributed by atoms with Crippen molar-refractivity contribution in [3.8, 4) is 0 Å². The summed E-state index contributed by atoms with van der Waals surface area (Å²) in [4.78, 5) is 0. The van der Waals surface area contributed by atoms with Crippen molar-refractivity contribution in [1.29, 1.82) is 0 Å². The Bertz CT molecular complexity index is 376. The fourth-order valence-electron chi connectivity index (χ4n) is 1.48. The van der Waals surface area contributed by atoms with E-state index in [-0.39, 0.29) is 11.6 Å². The largest absolute Gasteiger partial charge is 0.392 e. The highest BCUT2D eigenvalue weighted by Gasteiger charge is 2.31. The van der Waals surface area contributed by atoms with Crippen molar-refractivity contribution >= 4 is 11.6 Å². The summed E-state index contributed by atoms with van der Waals surface area (Å²) in [5, 5.41) is 13.5. The van der Waals surface area contributed by atoms with Crippen LogP contribution in [0.4, 0.5) is 13.2 Å². The first-order valence-corrected chi connectivity index (χ1v) is 5.01. The van der Waals surface area contributed by atoms with Crippen LogP contribution in [0.2, 0.25) is 5.15 Å². The standard InChI is InChI=1S/C9H12ClF3N2O/c1-5-7(8(10)15(2)14-5)3-6(16)4-9(11,12)13/h6,16H,3-4H2,1-2H3. The summed E-state index contributed by atoms with van der Waals surface area (Å²) in [6.07, 6.45) is -7.24. The van der Waals surface area contributed by atoms with Gasteiger partial charge in [-0.3, -0.25) is 4.68 Å². The van der Waals surface area contributed by atoms with Crippen LogP contribution in [-0.4, -0.2) is 27.2 Å². The number of aromatic nitrogens is 2. The van der Waals surface area contributed by atoms with Crippen molar-refractivity contribution < 1.29 is 18.3 Å². The lowest BCUT2D eigenvalue weighted by atomic mass is 10.1. The first-order chi connectivity index (χ1) is 7.20. The molecule has 1 heterocycles. The Morgan fingerprint density at radius 2 is 2.06 bits per heavy atom. The van der Waals surface area contributed by atoms with Gasteiger partial charge < -0.3 is 5.11 Å². The van der Waals surface area contributed by atoms with Crippen LogP contribution >= 0.6 is 11.6 Å². The van der Waals surface area contributed by atoms with Crippen LogP contribution in [0.5, 0.6) is 0 Å². The van der Waals surface area contributed by atoms with Gasteiger partial charge in [0.05, 0.1) is 18.2 Å². The zero-order valence-corrected chi connectivity index (χ0v) is 9.60. The molecular formula is C9H12ClF3N2O. The van der Waals surface area contributed by atoms with E-state index in [1.54, 1.807) is 14.0 Å². The molecular weight excluding hydrogens is 245 g/mol. The van der Waals surface area contributed by atoms with E-state index in [0.717, 1.165) is 0 Å². The first-order valence-electron chi connectivity index (χ1n) is 4.63. The van der Waals surface area contributed by atoms with Gasteiger partial charge in [0.2, 0.25) is 0 Å². The SMILES string of the molecule is Cc1nn(C)c(Cl)c1CC(O)CC(F)(F)F. The third kappa shape index (κ3) is 3.38. The summed E-state index contributed by atoms with van der Waals surface area (Å²) in [6, 6.07) is 0. The Balaban J connectivity index is 2.73. The van der Waals surface area contributed by atoms with E-state index in [2.05, 4.69) is 5.10 Å². The summed E-state index contributed by atoms with van der Waals surface area (Å²) in [6.45, 7) is 1.64. The van der Waals surface area contributed by atoms with Crippen LogP contribution in [0.3, 0.4) is 0 Å². The Morgan fingerprint density at radius 3 is 2.44 bits per heavy atom. The highest BCUT2D eigenvalue weighted by molar-refractivity contribution is 6.30. The lowest BCUT2D eigenvalue weighted by Gasteiger charge is -2.12. The maximum atomic E-state index is 12.0. The molecule has 0 aliphatic rings. The van der Waals surface area contributed by atoms with Crippen molar-refractivity contribution in [3.05, 3.63) is 16.4 Å². The van der Waals surface area contributed by atoms with Crippen molar-refractivity contribution in [2.24, 2.45) is 7.05 Å². The Morgan fingerprint density at radius 1 is 1.50 bits per heavy atom. The minimum atomic E-state index is -4.37. The van der Waals surface area contributed by atoms with E-state index in [1.807, 2.05) is 0 Å². The highest BCUT2D eigenvalue weighted by atomic mass is 35.5. The molecule has 0 spiro atoms. The van der Waals surface area contributed by atoms with Crippen LogP contribution in [-0.2, 0) is 13.5 Å². The van der Waals surface area contributed by atoms with Crippen LogP contribution in [0.15, 0.2) is 0 Å².